The maximum atomic E-state index is 13.3. The number of aliphatic hydroxyl groups is 1. The highest BCUT2D eigenvalue weighted by molar-refractivity contribution is 7.84. The number of fused-ring (bicyclic) bond motifs is 1. The lowest BCUT2D eigenvalue weighted by atomic mass is 9.91. The summed E-state index contributed by atoms with van der Waals surface area (Å²) in [6.45, 7) is 5.73. The van der Waals surface area contributed by atoms with Crippen LogP contribution >= 0.6 is 11.6 Å². The average Bonchev–Trinajstić information content (AvgIpc) is 2.82. The SMILES string of the molecule is CC(C)(C)S(=O)N[C@]1(C)COc2c1cc([C@](O)(CN)C(F)(F)F)nc2Cl. The summed E-state index contributed by atoms with van der Waals surface area (Å²) in [6, 6.07) is 1.04. The minimum Gasteiger partial charge on any atom is -0.488 e. The van der Waals surface area contributed by atoms with Gasteiger partial charge < -0.3 is 15.6 Å². The summed E-state index contributed by atoms with van der Waals surface area (Å²) in [7, 11) is -1.53. The number of pyridine rings is 1. The molecule has 0 bridgehead atoms. The molecule has 0 amide bonds. The second kappa shape index (κ2) is 6.59. The molecule has 0 saturated heterocycles. The first kappa shape index (κ1) is 21.4. The van der Waals surface area contributed by atoms with E-state index in [2.05, 4.69) is 9.71 Å². The Kier molecular flexibility index (Phi) is 5.41. The van der Waals surface area contributed by atoms with E-state index in [1.807, 2.05) is 0 Å². The van der Waals surface area contributed by atoms with Gasteiger partial charge in [-0.1, -0.05) is 11.6 Å². The van der Waals surface area contributed by atoms with Crippen LogP contribution < -0.4 is 15.2 Å². The third-order valence-electron chi connectivity index (χ3n) is 4.09. The van der Waals surface area contributed by atoms with Crippen LogP contribution in [0.1, 0.15) is 39.0 Å². The number of nitrogens with zero attached hydrogens (tertiary/aromatic N) is 1. The van der Waals surface area contributed by atoms with E-state index in [0.29, 0.717) is 0 Å². The lowest BCUT2D eigenvalue weighted by Gasteiger charge is -2.31. The summed E-state index contributed by atoms with van der Waals surface area (Å²) in [5.41, 5.74) is 0.211. The predicted molar refractivity (Wildman–Crippen MR) is 92.1 cm³/mol. The van der Waals surface area contributed by atoms with Gasteiger partial charge in [-0.05, 0) is 33.8 Å². The average molecular weight is 416 g/mol. The van der Waals surface area contributed by atoms with Crippen LogP contribution in [0.3, 0.4) is 0 Å². The lowest BCUT2D eigenvalue weighted by molar-refractivity contribution is -0.263. The number of ether oxygens (including phenoxy) is 1. The third kappa shape index (κ3) is 3.57. The van der Waals surface area contributed by atoms with Crippen LogP contribution in [-0.4, -0.2) is 38.4 Å². The fourth-order valence-electron chi connectivity index (χ4n) is 2.36. The van der Waals surface area contributed by atoms with Gasteiger partial charge in [-0.15, -0.1) is 0 Å². The van der Waals surface area contributed by atoms with Gasteiger partial charge >= 0.3 is 6.18 Å². The number of hydrogen-bond donors (Lipinski definition) is 3. The molecule has 1 aromatic rings. The molecule has 2 heterocycles. The molecule has 4 N–H and O–H groups in total. The Bertz CT molecular complexity index is 741. The largest absolute Gasteiger partial charge is 0.488 e. The van der Waals surface area contributed by atoms with Crippen molar-refractivity contribution in [3.63, 3.8) is 0 Å². The molecule has 148 valence electrons. The van der Waals surface area contributed by atoms with Crippen LogP contribution in [0.4, 0.5) is 13.2 Å². The maximum absolute atomic E-state index is 13.3. The van der Waals surface area contributed by atoms with E-state index >= 15 is 0 Å². The van der Waals surface area contributed by atoms with Crippen molar-refractivity contribution >= 4 is 22.6 Å². The van der Waals surface area contributed by atoms with E-state index in [4.69, 9.17) is 22.1 Å². The maximum Gasteiger partial charge on any atom is 0.424 e. The summed E-state index contributed by atoms with van der Waals surface area (Å²) in [6.07, 6.45) is -5.05. The van der Waals surface area contributed by atoms with Crippen LogP contribution in [0.2, 0.25) is 5.15 Å². The van der Waals surface area contributed by atoms with Crippen LogP contribution in [-0.2, 0) is 22.1 Å². The van der Waals surface area contributed by atoms with Gasteiger partial charge in [0.25, 0.3) is 0 Å². The Morgan fingerprint density at radius 3 is 2.50 bits per heavy atom. The van der Waals surface area contributed by atoms with E-state index in [9.17, 15) is 22.5 Å². The van der Waals surface area contributed by atoms with Crippen molar-refractivity contribution in [1.29, 1.82) is 0 Å². The molecule has 6 nitrogen and oxygen atoms in total. The van der Waals surface area contributed by atoms with E-state index in [0.717, 1.165) is 6.07 Å². The predicted octanol–water partition coefficient (Wildman–Crippen LogP) is 2.10. The zero-order valence-corrected chi connectivity index (χ0v) is 16.3. The normalized spacial score (nSPS) is 23.9. The fourth-order valence-corrected chi connectivity index (χ4v) is 3.49. The van der Waals surface area contributed by atoms with Crippen molar-refractivity contribution in [2.24, 2.45) is 5.73 Å². The topological polar surface area (TPSA) is 97.5 Å². The van der Waals surface area contributed by atoms with Crippen LogP contribution in [0, 0.1) is 0 Å². The molecule has 0 saturated carbocycles. The molecule has 0 aromatic carbocycles. The van der Waals surface area contributed by atoms with Crippen molar-refractivity contribution in [3.8, 4) is 5.75 Å². The number of alkyl halides is 3. The number of hydrogen-bond acceptors (Lipinski definition) is 5. The first-order valence-electron chi connectivity index (χ1n) is 7.69. The molecule has 2 rings (SSSR count). The van der Waals surface area contributed by atoms with E-state index in [1.165, 1.54) is 0 Å². The molecule has 26 heavy (non-hydrogen) atoms. The minimum absolute atomic E-state index is 0.0118. The molecule has 1 aliphatic heterocycles. The van der Waals surface area contributed by atoms with Crippen molar-refractivity contribution in [1.82, 2.24) is 9.71 Å². The van der Waals surface area contributed by atoms with Gasteiger partial charge in [0, 0.05) is 12.1 Å². The van der Waals surface area contributed by atoms with Gasteiger partial charge in [-0.2, -0.15) is 13.2 Å². The Morgan fingerprint density at radius 2 is 2.04 bits per heavy atom. The van der Waals surface area contributed by atoms with Gasteiger partial charge in [0.05, 0.1) is 27.0 Å². The third-order valence-corrected chi connectivity index (χ3v) is 6.10. The minimum atomic E-state index is -5.05. The molecule has 0 spiro atoms. The lowest BCUT2D eigenvalue weighted by Crippen LogP contribution is -2.50. The molecule has 0 fully saturated rings. The van der Waals surface area contributed by atoms with Gasteiger partial charge in [-0.25, -0.2) is 13.9 Å². The molecule has 1 aromatic heterocycles. The fraction of sp³-hybridized carbons (Fsp3) is 0.667. The summed E-state index contributed by atoms with van der Waals surface area (Å²) < 4.78 is 60.2. The second-order valence-corrected chi connectivity index (χ2v) is 9.67. The van der Waals surface area contributed by atoms with Crippen molar-refractivity contribution in [2.45, 2.75) is 49.8 Å². The number of nitrogens with two attached hydrogens (primary N) is 1. The summed E-state index contributed by atoms with van der Waals surface area (Å²) in [5, 5.41) is 9.74. The first-order chi connectivity index (χ1) is 11.7. The van der Waals surface area contributed by atoms with E-state index in [-0.39, 0.29) is 23.1 Å². The smallest absolute Gasteiger partial charge is 0.424 e. The summed E-state index contributed by atoms with van der Waals surface area (Å²) in [5.74, 6) is 0.0814. The van der Waals surface area contributed by atoms with Gasteiger partial charge in [0.2, 0.25) is 5.60 Å². The highest BCUT2D eigenvalue weighted by Crippen LogP contribution is 2.45. The Morgan fingerprint density at radius 1 is 1.46 bits per heavy atom. The van der Waals surface area contributed by atoms with E-state index < -0.39 is 45.3 Å². The van der Waals surface area contributed by atoms with Crippen LogP contribution in [0.15, 0.2) is 6.07 Å². The second-order valence-electron chi connectivity index (χ2n) is 7.34. The highest BCUT2D eigenvalue weighted by atomic mass is 35.5. The molecule has 0 aliphatic carbocycles. The van der Waals surface area contributed by atoms with Gasteiger partial charge in [-0.3, -0.25) is 0 Å². The molecule has 1 aliphatic rings. The Labute approximate surface area is 156 Å². The molecule has 3 atom stereocenters. The van der Waals surface area contributed by atoms with Crippen LogP contribution in [0.25, 0.3) is 0 Å². The summed E-state index contributed by atoms with van der Waals surface area (Å²) >= 11 is 5.98. The molecule has 11 heteroatoms. The number of nitrogens with one attached hydrogen (secondary N) is 1. The molecule has 0 radical (unpaired) electrons. The Balaban J connectivity index is 2.57. The monoisotopic (exact) mass is 415 g/mol. The van der Waals surface area contributed by atoms with Crippen molar-refractivity contribution in [2.75, 3.05) is 13.2 Å². The van der Waals surface area contributed by atoms with Gasteiger partial charge in [0.1, 0.15) is 6.61 Å². The first-order valence-corrected chi connectivity index (χ1v) is 9.21. The van der Waals surface area contributed by atoms with Gasteiger partial charge in [0.15, 0.2) is 10.9 Å². The number of aromatic nitrogens is 1. The molecular weight excluding hydrogens is 395 g/mol. The number of halogens is 4. The standard InChI is InChI=1S/C15H21ClF3N3O3S/c1-12(2,3)26(24)22-13(4)7-25-10-8(13)5-9(21-11(10)16)14(23,6-20)15(17,18)19/h5,22-23H,6-7,20H2,1-4H3/t13-,14-,26?/m1/s1. The molecular formula is C15H21ClF3N3O3S. The quantitative estimate of drug-likeness (QED) is 0.654. The Hall–Kier alpha value is -0.940. The molecule has 1 unspecified atom stereocenters. The zero-order chi connectivity index (χ0) is 20.1. The highest BCUT2D eigenvalue weighted by Gasteiger charge is 2.56. The van der Waals surface area contributed by atoms with E-state index in [1.54, 1.807) is 27.7 Å². The van der Waals surface area contributed by atoms with Crippen molar-refractivity contribution in [3.05, 3.63) is 22.5 Å². The van der Waals surface area contributed by atoms with Crippen molar-refractivity contribution < 1.29 is 27.2 Å². The zero-order valence-electron chi connectivity index (χ0n) is 14.7. The number of rotatable bonds is 4. The van der Waals surface area contributed by atoms with Crippen LogP contribution in [0.5, 0.6) is 5.75 Å². The summed E-state index contributed by atoms with van der Waals surface area (Å²) in [4.78, 5) is 3.63.